The summed E-state index contributed by atoms with van der Waals surface area (Å²) in [5.74, 6) is 0. The first-order valence-electron chi connectivity index (χ1n) is 33.2. The molecule has 0 saturated carbocycles. The van der Waals surface area contributed by atoms with Crippen molar-refractivity contribution < 1.29 is 0 Å². The Hall–Kier alpha value is -12.6. The molecule has 0 saturated heterocycles. The summed E-state index contributed by atoms with van der Waals surface area (Å²) in [6, 6.07) is 133. The lowest BCUT2D eigenvalue weighted by Crippen LogP contribution is -1.95. The van der Waals surface area contributed by atoms with E-state index in [9.17, 15) is 0 Å². The first-order valence-corrected chi connectivity index (χ1v) is 33.2. The summed E-state index contributed by atoms with van der Waals surface area (Å²) in [6.45, 7) is 0. The van der Waals surface area contributed by atoms with E-state index in [0.29, 0.717) is 0 Å². The van der Waals surface area contributed by atoms with Crippen molar-refractivity contribution in [2.24, 2.45) is 0 Å². The smallest absolute Gasteiger partial charge is 0.0619 e. The third kappa shape index (κ3) is 8.73. The maximum absolute atomic E-state index is 2.45. The molecule has 0 N–H and O–H groups in total. The van der Waals surface area contributed by atoms with Crippen molar-refractivity contribution in [2.45, 2.75) is 0 Å². The predicted molar refractivity (Wildman–Crippen MR) is 411 cm³/mol. The van der Waals surface area contributed by atoms with E-state index in [2.05, 4.69) is 373 Å². The number of nitrogens with zero attached hydrogens (tertiary/aromatic N) is 2. The Morgan fingerprint density at radius 1 is 0.167 bits per heavy atom. The molecule has 0 bridgehead atoms. The lowest BCUT2D eigenvalue weighted by atomic mass is 9.85. The van der Waals surface area contributed by atoms with Crippen molar-refractivity contribution in [3.8, 4) is 67.0 Å². The molecule has 18 aromatic carbocycles. The molecule has 0 unspecified atom stereocenters. The van der Waals surface area contributed by atoms with Crippen LogP contribution >= 0.6 is 0 Å². The van der Waals surface area contributed by atoms with E-state index in [-0.39, 0.29) is 0 Å². The van der Waals surface area contributed by atoms with Gasteiger partial charge in [0.1, 0.15) is 0 Å². The Morgan fingerprint density at radius 2 is 0.479 bits per heavy atom. The SMILES string of the molecule is c1ccc(-c2c3ccccc3c(-c3ccc(-c4cc5c6ccccc6n(-c6ccccc6)c5c5ccccc45)cc3)c3ccccc23)cc1.c1ccc(-c2c3ccccc3c(-c3ccc(-n4c5ccc6ccccc6c5c5c6ccccc6ccc54)cc3)c3ccccc23)cc1. The lowest BCUT2D eigenvalue weighted by Gasteiger charge is -2.18. The fraction of sp³-hybridized carbons (Fsp3) is 0. The van der Waals surface area contributed by atoms with Gasteiger partial charge in [-0.25, -0.2) is 0 Å². The summed E-state index contributed by atoms with van der Waals surface area (Å²) in [6.07, 6.45) is 0. The van der Waals surface area contributed by atoms with Gasteiger partial charge in [-0.05, 0) is 174 Å². The van der Waals surface area contributed by atoms with Crippen molar-refractivity contribution in [1.29, 1.82) is 0 Å². The van der Waals surface area contributed by atoms with Crippen LogP contribution in [0.3, 0.4) is 0 Å². The van der Waals surface area contributed by atoms with Crippen molar-refractivity contribution in [3.63, 3.8) is 0 Å². The predicted octanol–water partition coefficient (Wildman–Crippen LogP) is 26.0. The molecular weight excluding hydrogens is 1160 g/mol. The second-order valence-corrected chi connectivity index (χ2v) is 25.3. The van der Waals surface area contributed by atoms with E-state index in [4.69, 9.17) is 0 Å². The lowest BCUT2D eigenvalue weighted by molar-refractivity contribution is 1.18. The molecule has 96 heavy (non-hydrogen) atoms. The van der Waals surface area contributed by atoms with Gasteiger partial charge in [0.05, 0.1) is 22.1 Å². The number of hydrogen-bond donors (Lipinski definition) is 0. The highest BCUT2D eigenvalue weighted by Gasteiger charge is 2.23. The topological polar surface area (TPSA) is 9.86 Å². The van der Waals surface area contributed by atoms with Crippen LogP contribution < -0.4 is 0 Å². The normalized spacial score (nSPS) is 11.8. The van der Waals surface area contributed by atoms with Gasteiger partial charge >= 0.3 is 0 Å². The molecule has 0 aliphatic carbocycles. The molecule has 0 fully saturated rings. The highest BCUT2D eigenvalue weighted by Crippen LogP contribution is 2.48. The molecule has 0 spiro atoms. The minimum Gasteiger partial charge on any atom is -0.309 e. The van der Waals surface area contributed by atoms with Crippen LogP contribution in [-0.4, -0.2) is 9.13 Å². The summed E-state index contributed by atoms with van der Waals surface area (Å²) >= 11 is 0. The maximum atomic E-state index is 2.45. The van der Waals surface area contributed by atoms with Gasteiger partial charge in [-0.15, -0.1) is 0 Å². The van der Waals surface area contributed by atoms with E-state index >= 15 is 0 Å². The Bertz CT molecular complexity index is 6250. The fourth-order valence-corrected chi connectivity index (χ4v) is 16.0. The van der Waals surface area contributed by atoms with E-state index in [1.165, 1.54) is 180 Å². The van der Waals surface area contributed by atoms with Crippen LogP contribution in [-0.2, 0) is 0 Å². The van der Waals surface area contributed by atoms with Crippen LogP contribution in [0.1, 0.15) is 0 Å². The average molecular weight is 1220 g/mol. The largest absolute Gasteiger partial charge is 0.309 e. The molecule has 2 heterocycles. The van der Waals surface area contributed by atoms with Crippen LogP contribution in [0.5, 0.6) is 0 Å². The van der Waals surface area contributed by atoms with Gasteiger partial charge in [0.15, 0.2) is 0 Å². The van der Waals surface area contributed by atoms with Gasteiger partial charge < -0.3 is 9.13 Å². The fourth-order valence-electron chi connectivity index (χ4n) is 16.0. The van der Waals surface area contributed by atoms with Gasteiger partial charge in [0.2, 0.25) is 0 Å². The Labute approximate surface area is 555 Å². The molecule has 20 aromatic rings. The minimum absolute atomic E-state index is 1.16. The summed E-state index contributed by atoms with van der Waals surface area (Å²) in [4.78, 5) is 0. The third-order valence-electron chi connectivity index (χ3n) is 20.1. The van der Waals surface area contributed by atoms with Crippen molar-refractivity contribution >= 4 is 119 Å². The molecule has 0 atom stereocenters. The highest BCUT2D eigenvalue weighted by molar-refractivity contribution is 6.29. The Kier molecular flexibility index (Phi) is 13.0. The molecule has 446 valence electrons. The quantitative estimate of drug-likeness (QED) is 0.141. The van der Waals surface area contributed by atoms with Gasteiger partial charge in [0, 0.05) is 38.3 Å². The molecule has 0 amide bonds. The summed E-state index contributed by atoms with van der Waals surface area (Å²) in [7, 11) is 0. The second kappa shape index (κ2) is 22.6. The molecule has 2 heteroatoms. The molecule has 0 radical (unpaired) electrons. The molecule has 20 rings (SSSR count). The monoisotopic (exact) mass is 1220 g/mol. The van der Waals surface area contributed by atoms with Gasteiger partial charge in [-0.1, -0.05) is 315 Å². The van der Waals surface area contributed by atoms with Gasteiger partial charge in [-0.2, -0.15) is 0 Å². The van der Waals surface area contributed by atoms with Gasteiger partial charge in [0.25, 0.3) is 0 Å². The maximum Gasteiger partial charge on any atom is 0.0619 e. The molecule has 2 nitrogen and oxygen atoms in total. The summed E-state index contributed by atoms with van der Waals surface area (Å²) in [5, 5.41) is 23.0. The van der Waals surface area contributed by atoms with Gasteiger partial charge in [-0.3, -0.25) is 0 Å². The standard InChI is InChI=1S/C48H31N.C46H29N/c1-3-15-33(16-4-1)46-38-21-8-10-23-40(38)47(41-24-11-9-22-39(41)46)34-29-27-32(28-30-34)43-31-44-37-20-13-14-26-45(37)49(35-17-5-2-6-18-35)48(44)42-25-12-7-19-36(42)43;1-2-14-32(15-3-1)43-37-18-8-10-20-39(37)44(40-21-11-9-19-38(40)43)33-22-26-34(27-23-33)47-41-28-24-30-12-4-6-16-35(30)45(41)46-36-17-7-5-13-31(36)25-29-42(46)47/h1-31H;1-29H. The minimum atomic E-state index is 1.16. The number of para-hydroxylation sites is 2. The summed E-state index contributed by atoms with van der Waals surface area (Å²) < 4.78 is 4.87. The van der Waals surface area contributed by atoms with E-state index < -0.39 is 0 Å². The number of hydrogen-bond acceptors (Lipinski definition) is 0. The number of fused-ring (bicyclic) bond motifs is 16. The zero-order valence-corrected chi connectivity index (χ0v) is 52.5. The molecule has 0 aliphatic heterocycles. The third-order valence-corrected chi connectivity index (χ3v) is 20.1. The van der Waals surface area contributed by atoms with Crippen molar-refractivity contribution in [3.05, 3.63) is 364 Å². The first kappa shape index (κ1) is 55.1. The number of benzene rings is 18. The van der Waals surface area contributed by atoms with Crippen molar-refractivity contribution in [1.82, 2.24) is 9.13 Å². The Balaban J connectivity index is 0.000000135. The number of aromatic nitrogens is 2. The van der Waals surface area contributed by atoms with Crippen molar-refractivity contribution in [2.75, 3.05) is 0 Å². The molecule has 2 aromatic heterocycles. The molecule has 0 aliphatic rings. The second-order valence-electron chi connectivity index (χ2n) is 25.3. The van der Waals surface area contributed by atoms with Crippen LogP contribution in [0.25, 0.3) is 186 Å². The van der Waals surface area contributed by atoms with Crippen LogP contribution in [0.2, 0.25) is 0 Å². The first-order chi connectivity index (χ1) is 47.7. The highest BCUT2D eigenvalue weighted by atomic mass is 15.0. The molecular formula is C94H60N2. The zero-order chi connectivity index (χ0) is 63.2. The van der Waals surface area contributed by atoms with E-state index in [1.54, 1.807) is 0 Å². The zero-order valence-electron chi connectivity index (χ0n) is 52.5. The van der Waals surface area contributed by atoms with E-state index in [1.807, 2.05) is 0 Å². The van der Waals surface area contributed by atoms with E-state index in [0.717, 1.165) is 5.69 Å². The Morgan fingerprint density at radius 3 is 0.917 bits per heavy atom. The summed E-state index contributed by atoms with van der Waals surface area (Å²) in [5.41, 5.74) is 19.8. The number of rotatable bonds is 7. The van der Waals surface area contributed by atoms with Crippen LogP contribution in [0.4, 0.5) is 0 Å². The van der Waals surface area contributed by atoms with Crippen LogP contribution in [0.15, 0.2) is 364 Å². The van der Waals surface area contributed by atoms with Crippen LogP contribution in [0, 0.1) is 0 Å². The average Bonchev–Trinajstić information content (AvgIpc) is 1.51.